The number of carbonyl (C=O) groups excluding carboxylic acids is 2. The highest BCUT2D eigenvalue weighted by Gasteiger charge is 2.19. The minimum Gasteiger partial charge on any atom is -0.334 e. The Morgan fingerprint density at radius 1 is 1.26 bits per heavy atom. The highest BCUT2D eigenvalue weighted by molar-refractivity contribution is 8.13. The van der Waals surface area contributed by atoms with Crippen LogP contribution in [0.3, 0.4) is 0 Å². The van der Waals surface area contributed by atoms with Crippen molar-refractivity contribution in [3.8, 4) is 0 Å². The van der Waals surface area contributed by atoms with Crippen LogP contribution in [0.1, 0.15) is 18.9 Å². The molecule has 1 aliphatic heterocycles. The molecule has 1 fully saturated rings. The number of amides is 2. The number of nitrogens with zero attached hydrogens (tertiary/aromatic N) is 1. The van der Waals surface area contributed by atoms with Crippen molar-refractivity contribution in [1.82, 2.24) is 15.5 Å². The van der Waals surface area contributed by atoms with E-state index in [0.29, 0.717) is 5.75 Å². The lowest BCUT2D eigenvalue weighted by Gasteiger charge is -2.25. The fourth-order valence-electron chi connectivity index (χ4n) is 2.58. The van der Waals surface area contributed by atoms with Crippen LogP contribution in [-0.2, 0) is 11.2 Å². The predicted octanol–water partition coefficient (Wildman–Crippen LogP) is 1.88. The molecule has 2 N–H and O–H groups in total. The minimum atomic E-state index is -0.0463. The smallest absolute Gasteiger partial charge is 0.317 e. The molecule has 5 nitrogen and oxygen atoms in total. The molecule has 0 radical (unpaired) electrons. The number of thioether (sulfide) groups is 1. The highest BCUT2D eigenvalue weighted by Crippen LogP contribution is 2.11. The van der Waals surface area contributed by atoms with Crippen molar-refractivity contribution in [2.75, 3.05) is 31.9 Å². The zero-order valence-electron chi connectivity index (χ0n) is 13.6. The SMILES string of the molecule is CC(=O)SCC(Cc1ccccc1)NC(=O)N1CCCNCC1. The number of hydrogen-bond acceptors (Lipinski definition) is 4. The van der Waals surface area contributed by atoms with Crippen molar-refractivity contribution in [2.45, 2.75) is 25.8 Å². The summed E-state index contributed by atoms with van der Waals surface area (Å²) in [5, 5.41) is 6.48. The Morgan fingerprint density at radius 2 is 2.04 bits per heavy atom. The van der Waals surface area contributed by atoms with Crippen molar-refractivity contribution < 1.29 is 9.59 Å². The molecule has 1 heterocycles. The van der Waals surface area contributed by atoms with E-state index in [4.69, 9.17) is 0 Å². The number of rotatable bonds is 5. The van der Waals surface area contributed by atoms with Gasteiger partial charge in [0.2, 0.25) is 0 Å². The second-order valence-corrected chi connectivity index (χ2v) is 6.93. The summed E-state index contributed by atoms with van der Waals surface area (Å²) in [6.07, 6.45) is 1.71. The van der Waals surface area contributed by atoms with E-state index >= 15 is 0 Å². The monoisotopic (exact) mass is 335 g/mol. The van der Waals surface area contributed by atoms with Crippen LogP contribution in [0, 0.1) is 0 Å². The molecule has 0 bridgehead atoms. The number of benzene rings is 1. The predicted molar refractivity (Wildman–Crippen MR) is 94.7 cm³/mol. The standard InChI is InChI=1S/C17H25N3O2S/c1-14(21)23-13-16(12-15-6-3-2-4-7-15)19-17(22)20-10-5-8-18-9-11-20/h2-4,6-7,16,18H,5,8-13H2,1H3,(H,19,22). The molecule has 1 aromatic carbocycles. The molecule has 2 amide bonds. The molecule has 0 saturated carbocycles. The van der Waals surface area contributed by atoms with Gasteiger partial charge >= 0.3 is 6.03 Å². The van der Waals surface area contributed by atoms with Crippen molar-refractivity contribution in [3.05, 3.63) is 35.9 Å². The first-order valence-electron chi connectivity index (χ1n) is 8.08. The largest absolute Gasteiger partial charge is 0.334 e. The van der Waals surface area contributed by atoms with Crippen LogP contribution in [0.4, 0.5) is 4.79 Å². The molecule has 6 heteroatoms. The molecule has 1 aliphatic rings. The van der Waals surface area contributed by atoms with Gasteiger partial charge in [-0.2, -0.15) is 0 Å². The van der Waals surface area contributed by atoms with Gasteiger partial charge in [-0.15, -0.1) is 0 Å². The lowest BCUT2D eigenvalue weighted by atomic mass is 10.1. The number of carbonyl (C=O) groups is 2. The lowest BCUT2D eigenvalue weighted by Crippen LogP contribution is -2.47. The van der Waals surface area contributed by atoms with Crippen LogP contribution >= 0.6 is 11.8 Å². The summed E-state index contributed by atoms with van der Waals surface area (Å²) < 4.78 is 0. The summed E-state index contributed by atoms with van der Waals surface area (Å²) in [7, 11) is 0. The van der Waals surface area contributed by atoms with Crippen LogP contribution in [0.2, 0.25) is 0 Å². The third-order valence-corrected chi connectivity index (χ3v) is 4.74. The van der Waals surface area contributed by atoms with Gasteiger partial charge in [-0.05, 0) is 24.9 Å². The molecule has 0 aromatic heterocycles. The Labute approximate surface area is 142 Å². The molecular formula is C17H25N3O2S. The summed E-state index contributed by atoms with van der Waals surface area (Å²) in [4.78, 5) is 25.6. The van der Waals surface area contributed by atoms with E-state index in [1.54, 1.807) is 6.92 Å². The summed E-state index contributed by atoms with van der Waals surface area (Å²) in [5.41, 5.74) is 1.17. The Bertz CT molecular complexity index is 502. The van der Waals surface area contributed by atoms with Crippen LogP contribution < -0.4 is 10.6 Å². The molecule has 2 rings (SSSR count). The molecule has 23 heavy (non-hydrogen) atoms. The van der Waals surface area contributed by atoms with Gasteiger partial charge in [0.05, 0.1) is 0 Å². The summed E-state index contributed by atoms with van der Waals surface area (Å²) in [6.45, 7) is 4.85. The van der Waals surface area contributed by atoms with E-state index in [-0.39, 0.29) is 17.2 Å². The maximum absolute atomic E-state index is 12.5. The second-order valence-electron chi connectivity index (χ2n) is 5.73. The summed E-state index contributed by atoms with van der Waals surface area (Å²) in [6, 6.07) is 9.99. The zero-order chi connectivity index (χ0) is 16.5. The zero-order valence-corrected chi connectivity index (χ0v) is 14.4. The van der Waals surface area contributed by atoms with Crippen LogP contribution in [0.25, 0.3) is 0 Å². The lowest BCUT2D eigenvalue weighted by molar-refractivity contribution is -0.109. The number of nitrogens with one attached hydrogen (secondary N) is 2. The molecule has 1 atom stereocenters. The Balaban J connectivity index is 1.94. The average molecular weight is 335 g/mol. The Morgan fingerprint density at radius 3 is 2.78 bits per heavy atom. The van der Waals surface area contributed by atoms with E-state index in [2.05, 4.69) is 10.6 Å². The Hall–Kier alpha value is -1.53. The van der Waals surface area contributed by atoms with E-state index in [1.807, 2.05) is 35.2 Å². The van der Waals surface area contributed by atoms with Crippen LogP contribution in [0.15, 0.2) is 30.3 Å². The van der Waals surface area contributed by atoms with Gasteiger partial charge in [-0.1, -0.05) is 42.1 Å². The average Bonchev–Trinajstić information content (AvgIpc) is 2.83. The van der Waals surface area contributed by atoms with Crippen molar-refractivity contribution >= 4 is 22.9 Å². The minimum absolute atomic E-state index is 0.0289. The van der Waals surface area contributed by atoms with Crippen molar-refractivity contribution in [1.29, 1.82) is 0 Å². The maximum Gasteiger partial charge on any atom is 0.317 e. The first kappa shape index (κ1) is 17.8. The molecule has 126 valence electrons. The van der Waals surface area contributed by atoms with Gasteiger partial charge in [-0.3, -0.25) is 4.79 Å². The molecule has 1 aromatic rings. The van der Waals surface area contributed by atoms with E-state index < -0.39 is 0 Å². The van der Waals surface area contributed by atoms with E-state index in [9.17, 15) is 9.59 Å². The van der Waals surface area contributed by atoms with Gasteiger partial charge < -0.3 is 15.5 Å². The van der Waals surface area contributed by atoms with Gasteiger partial charge in [0.15, 0.2) is 5.12 Å². The van der Waals surface area contributed by atoms with Crippen LogP contribution in [-0.4, -0.2) is 54.0 Å². The summed E-state index contributed by atoms with van der Waals surface area (Å²) in [5.74, 6) is 0.599. The van der Waals surface area contributed by atoms with Crippen molar-refractivity contribution in [3.63, 3.8) is 0 Å². The first-order valence-corrected chi connectivity index (χ1v) is 9.07. The van der Waals surface area contributed by atoms with Crippen LogP contribution in [0.5, 0.6) is 0 Å². The maximum atomic E-state index is 12.5. The fraction of sp³-hybridized carbons (Fsp3) is 0.529. The third kappa shape index (κ3) is 6.62. The van der Waals surface area contributed by atoms with Gasteiger partial charge in [-0.25, -0.2) is 4.79 Å². The molecule has 0 aliphatic carbocycles. The number of urea groups is 1. The fourth-order valence-corrected chi connectivity index (χ4v) is 3.22. The normalized spacial score (nSPS) is 16.5. The van der Waals surface area contributed by atoms with Gasteiger partial charge in [0.1, 0.15) is 0 Å². The topological polar surface area (TPSA) is 61.4 Å². The molecule has 1 unspecified atom stereocenters. The summed E-state index contributed by atoms with van der Waals surface area (Å²) >= 11 is 1.27. The highest BCUT2D eigenvalue weighted by atomic mass is 32.2. The van der Waals surface area contributed by atoms with Gasteiger partial charge in [0.25, 0.3) is 0 Å². The Kier molecular flexibility index (Phi) is 7.42. The first-order chi connectivity index (χ1) is 11.1. The molecule has 1 saturated heterocycles. The van der Waals surface area contributed by atoms with E-state index in [0.717, 1.165) is 39.0 Å². The number of hydrogen-bond donors (Lipinski definition) is 2. The van der Waals surface area contributed by atoms with E-state index in [1.165, 1.54) is 17.3 Å². The molecular weight excluding hydrogens is 310 g/mol. The quantitative estimate of drug-likeness (QED) is 0.862. The molecule has 0 spiro atoms. The van der Waals surface area contributed by atoms with Gasteiger partial charge in [0, 0.05) is 38.4 Å². The third-order valence-electron chi connectivity index (χ3n) is 3.77. The second kappa shape index (κ2) is 9.57. The van der Waals surface area contributed by atoms with Crippen molar-refractivity contribution in [2.24, 2.45) is 0 Å².